The van der Waals surface area contributed by atoms with Gasteiger partial charge in [0.2, 0.25) is 11.8 Å². The van der Waals surface area contributed by atoms with Gasteiger partial charge in [0.25, 0.3) is 11.8 Å². The van der Waals surface area contributed by atoms with Gasteiger partial charge in [-0.25, -0.2) is 0 Å². The molecular weight excluding hydrogens is 998 g/mol. The van der Waals surface area contributed by atoms with Gasteiger partial charge in [-0.05, 0) is 163 Å². The zero-order chi connectivity index (χ0) is 53.4. The first-order chi connectivity index (χ1) is 32.4. The number of carbonyl (C=O) groups excluding carboxylic acids is 4. The number of hydrogen-bond donors (Lipinski definition) is 3. The van der Waals surface area contributed by atoms with E-state index in [-0.39, 0.29) is 71.8 Å². The first-order valence-corrected chi connectivity index (χ1v) is 26.0. The van der Waals surface area contributed by atoms with Gasteiger partial charge in [0.1, 0.15) is 0 Å². The number of nitrogens with zero attached hydrogens (tertiary/aromatic N) is 4. The van der Waals surface area contributed by atoms with E-state index in [1.807, 2.05) is 29.7 Å². The molecule has 1 saturated carbocycles. The topological polar surface area (TPSA) is 160 Å². The number of fused-ring (bicyclic) bond motifs is 2. The van der Waals surface area contributed by atoms with Crippen molar-refractivity contribution in [2.45, 2.75) is 176 Å². The first-order valence-electron chi connectivity index (χ1n) is 25.0. The van der Waals surface area contributed by atoms with Crippen LogP contribution in [0.2, 0.25) is 6.32 Å². The molecule has 3 aliphatic heterocycles. The highest BCUT2D eigenvalue weighted by atomic mass is 127. The Labute approximate surface area is 434 Å². The minimum absolute atomic E-state index is 0.0440. The van der Waals surface area contributed by atoms with Crippen molar-refractivity contribution in [3.8, 4) is 0 Å². The van der Waals surface area contributed by atoms with Crippen molar-refractivity contribution >= 4 is 70.3 Å². The predicted octanol–water partition coefficient (Wildman–Crippen LogP) is 9.05. The van der Waals surface area contributed by atoms with Crippen LogP contribution < -0.4 is 9.80 Å². The quantitative estimate of drug-likeness (QED) is 0.139. The van der Waals surface area contributed by atoms with Crippen LogP contribution >= 0.6 is 22.6 Å². The molecule has 2 aromatic carbocycles. The molecule has 4 aliphatic rings. The fourth-order valence-corrected chi connectivity index (χ4v) is 9.94. The number of halogens is 1. The van der Waals surface area contributed by atoms with E-state index in [0.29, 0.717) is 25.1 Å². The SMILES string of the molecule is C/C(=C/CO)c1cc2c(cc1C)N(C(C)C)C(=O)CC2(C)C.C/C(I)=C/CO.CCCCB1O[C@H](C(=O)N(C)C)[C@@H](C(=O)N(C)C)O1.Cc1cc2c(cc1[C@@]1(C)C[C@H]1CO)C(C)(C)CC(=O)N2C(C)C. The Hall–Kier alpha value is -3.61. The molecule has 0 unspecified atom stereocenters. The molecule has 13 nitrogen and oxygen atoms in total. The number of carbonyl (C=O) groups is 4. The predicted molar refractivity (Wildman–Crippen MR) is 294 cm³/mol. The molecule has 1 saturated heterocycles. The van der Waals surface area contributed by atoms with Gasteiger partial charge in [-0.1, -0.05) is 72.6 Å². The molecular formula is C55H86BIN4O9. The summed E-state index contributed by atoms with van der Waals surface area (Å²) < 4.78 is 12.4. The number of unbranched alkanes of at least 4 members (excludes halogenated alkanes) is 1. The van der Waals surface area contributed by atoms with Crippen LogP contribution in [0.15, 0.2) is 40.0 Å². The van der Waals surface area contributed by atoms with Crippen molar-refractivity contribution < 1.29 is 43.8 Å². The minimum atomic E-state index is -0.841. The number of aliphatic hydroxyl groups excluding tert-OH is 3. The average Bonchev–Trinajstić information content (AvgIpc) is 3.74. The van der Waals surface area contributed by atoms with Gasteiger partial charge < -0.3 is 44.2 Å². The van der Waals surface area contributed by atoms with Crippen molar-refractivity contribution in [2.24, 2.45) is 5.92 Å². The summed E-state index contributed by atoms with van der Waals surface area (Å²) in [6.45, 7) is 29.8. The Morgan fingerprint density at radius 1 is 0.757 bits per heavy atom. The Balaban J connectivity index is 0.000000263. The lowest BCUT2D eigenvalue weighted by atomic mass is 9.74. The lowest BCUT2D eigenvalue weighted by Gasteiger charge is -2.41. The van der Waals surface area contributed by atoms with E-state index in [1.165, 1.54) is 32.1 Å². The van der Waals surface area contributed by atoms with E-state index in [2.05, 4.69) is 130 Å². The normalized spacial score (nSPS) is 22.3. The molecule has 390 valence electrons. The van der Waals surface area contributed by atoms with Crippen LogP contribution in [0.4, 0.5) is 11.4 Å². The molecule has 6 rings (SSSR count). The lowest BCUT2D eigenvalue weighted by molar-refractivity contribution is -0.146. The minimum Gasteiger partial charge on any atom is -0.397 e. The maximum absolute atomic E-state index is 12.6. The third kappa shape index (κ3) is 14.5. The van der Waals surface area contributed by atoms with Gasteiger partial charge in [0.05, 0.1) is 13.2 Å². The third-order valence-corrected chi connectivity index (χ3v) is 14.3. The molecule has 4 atom stereocenters. The van der Waals surface area contributed by atoms with Crippen molar-refractivity contribution in [1.82, 2.24) is 9.80 Å². The van der Waals surface area contributed by atoms with Crippen LogP contribution in [0.25, 0.3) is 5.57 Å². The summed E-state index contributed by atoms with van der Waals surface area (Å²) in [6.07, 6.45) is 6.69. The molecule has 4 amide bonds. The van der Waals surface area contributed by atoms with Crippen molar-refractivity contribution in [2.75, 3.05) is 57.8 Å². The first kappa shape index (κ1) is 60.7. The van der Waals surface area contributed by atoms with Gasteiger partial charge in [-0.3, -0.25) is 19.2 Å². The summed E-state index contributed by atoms with van der Waals surface area (Å²) >= 11 is 2.14. The second kappa shape index (κ2) is 25.4. The van der Waals surface area contributed by atoms with E-state index >= 15 is 0 Å². The number of likely N-dealkylation sites (N-methyl/N-ethyl adjacent to an activating group) is 2. The molecule has 0 spiro atoms. The number of benzene rings is 2. The number of amides is 4. The van der Waals surface area contributed by atoms with Crippen molar-refractivity contribution in [3.63, 3.8) is 0 Å². The van der Waals surface area contributed by atoms with Crippen LogP contribution in [0, 0.1) is 19.8 Å². The fourth-order valence-electron chi connectivity index (χ4n) is 9.74. The van der Waals surface area contributed by atoms with Crippen molar-refractivity contribution in [1.29, 1.82) is 0 Å². The number of anilines is 2. The largest absolute Gasteiger partial charge is 0.458 e. The second-order valence-corrected chi connectivity index (χ2v) is 23.6. The number of aliphatic hydroxyl groups is 3. The number of rotatable bonds is 12. The van der Waals surface area contributed by atoms with Gasteiger partial charge in [0, 0.05) is 81.9 Å². The van der Waals surface area contributed by atoms with E-state index < -0.39 is 19.3 Å². The van der Waals surface area contributed by atoms with Gasteiger partial charge in [0.15, 0.2) is 12.2 Å². The smallest absolute Gasteiger partial charge is 0.397 e. The standard InChI is InChI=1S/C20H29NO2.C19H27NO2.C12H23BN2O4.C4H7IO/c1-12(2)21-17-7-13(3)15(20(6)9-14(20)11-22)8-16(17)19(4,5)10-18(21)23;1-12(2)20-17-9-14(4)15(13(3)7-8-21)10-16(17)19(5,6)11-18(20)22;1-6-7-8-13-18-9(11(16)14(2)3)10(19-13)12(17)15(4)5;1-4(5)2-3-6/h7-8,12,14,22H,9-11H2,1-6H3;7,9-10,12,21H,8,11H2,1-6H3;9-10H,6-8H2,1-5H3;2,6H,3H2,1H3/b;13-7-;;4-2-/t14-,20-;;9-,10-;/m0.0./s1. The molecule has 1 aliphatic carbocycles. The fraction of sp³-hybridized carbons (Fsp3) is 0.636. The Kier molecular flexibility index (Phi) is 22.0. The molecule has 3 N–H and O–H groups in total. The van der Waals surface area contributed by atoms with Crippen LogP contribution in [0.3, 0.4) is 0 Å². The third-order valence-electron chi connectivity index (χ3n) is 13.9. The molecule has 0 bridgehead atoms. The van der Waals surface area contributed by atoms with E-state index in [1.54, 1.807) is 34.3 Å². The Bertz CT molecular complexity index is 2210. The molecule has 2 fully saturated rings. The van der Waals surface area contributed by atoms with Gasteiger partial charge >= 0.3 is 7.12 Å². The molecule has 15 heteroatoms. The highest BCUT2D eigenvalue weighted by Crippen LogP contribution is 2.56. The maximum atomic E-state index is 12.6. The van der Waals surface area contributed by atoms with Gasteiger partial charge in [-0.15, -0.1) is 0 Å². The van der Waals surface area contributed by atoms with E-state index in [4.69, 9.17) is 19.5 Å². The molecule has 2 aromatic rings. The molecule has 70 heavy (non-hydrogen) atoms. The summed E-state index contributed by atoms with van der Waals surface area (Å²) in [5.74, 6) is 0.310. The zero-order valence-corrected chi connectivity index (χ0v) is 47.9. The number of aryl methyl sites for hydroxylation is 2. The number of hydrogen-bond acceptors (Lipinski definition) is 9. The summed E-state index contributed by atoms with van der Waals surface area (Å²) in [4.78, 5) is 56.0. The van der Waals surface area contributed by atoms with Crippen LogP contribution in [0.1, 0.15) is 149 Å². The maximum Gasteiger partial charge on any atom is 0.458 e. The summed E-state index contributed by atoms with van der Waals surface area (Å²) in [5, 5.41) is 26.8. The Morgan fingerprint density at radius 2 is 1.20 bits per heavy atom. The van der Waals surface area contributed by atoms with E-state index in [0.717, 1.165) is 50.9 Å². The van der Waals surface area contributed by atoms with Crippen LogP contribution in [0.5, 0.6) is 0 Å². The van der Waals surface area contributed by atoms with Crippen molar-refractivity contribution in [3.05, 3.63) is 73.4 Å². The highest BCUT2D eigenvalue weighted by Gasteiger charge is 2.52. The van der Waals surface area contributed by atoms with E-state index in [9.17, 15) is 24.3 Å². The Morgan fingerprint density at radius 3 is 1.56 bits per heavy atom. The summed E-state index contributed by atoms with van der Waals surface area (Å²) in [5.41, 5.74) is 10.3. The zero-order valence-electron chi connectivity index (χ0n) is 45.8. The van der Waals surface area contributed by atoms with Crippen LogP contribution in [-0.2, 0) is 44.7 Å². The van der Waals surface area contributed by atoms with Gasteiger partial charge in [-0.2, -0.15) is 0 Å². The lowest BCUT2D eigenvalue weighted by Crippen LogP contribution is -2.47. The highest BCUT2D eigenvalue weighted by molar-refractivity contribution is 14.1. The number of allylic oxidation sites excluding steroid dienone is 2. The second-order valence-electron chi connectivity index (χ2n) is 21.9. The molecule has 3 heterocycles. The van der Waals surface area contributed by atoms with Crippen LogP contribution in [-0.4, -0.2) is 128 Å². The monoisotopic (exact) mass is 1080 g/mol. The summed E-state index contributed by atoms with van der Waals surface area (Å²) in [7, 11) is 6.09. The average molecular weight is 1090 g/mol. The summed E-state index contributed by atoms with van der Waals surface area (Å²) in [6, 6.07) is 9.17. The molecule has 0 aromatic heterocycles. The molecule has 0 radical (unpaired) electrons.